The van der Waals surface area contributed by atoms with E-state index in [1.807, 2.05) is 54.6 Å². The lowest BCUT2D eigenvalue weighted by Gasteiger charge is -2.44. The summed E-state index contributed by atoms with van der Waals surface area (Å²) in [6.07, 6.45) is 1.67. The molecular weight excluding hydrogens is 651 g/mol. The number of aliphatic carboxylic acids is 1. The minimum Gasteiger partial charge on any atom is -0.488 e. The first-order valence-corrected chi connectivity index (χ1v) is 16.9. The molecule has 2 bridgehead atoms. The number of aliphatic hydroxyl groups is 1. The van der Waals surface area contributed by atoms with Gasteiger partial charge in [-0.1, -0.05) is 54.6 Å². The van der Waals surface area contributed by atoms with E-state index in [2.05, 4.69) is 10.6 Å². The van der Waals surface area contributed by atoms with E-state index in [4.69, 9.17) is 9.84 Å². The summed E-state index contributed by atoms with van der Waals surface area (Å²) >= 11 is 0. The fourth-order valence-corrected chi connectivity index (χ4v) is 6.95. The van der Waals surface area contributed by atoms with E-state index in [9.17, 15) is 32.7 Å². The molecule has 2 heterocycles. The van der Waals surface area contributed by atoms with Crippen LogP contribution in [-0.2, 0) is 27.2 Å². The Kier molecular flexibility index (Phi) is 10.6. The third-order valence-corrected chi connectivity index (χ3v) is 9.60. The van der Waals surface area contributed by atoms with Crippen molar-refractivity contribution >= 4 is 23.4 Å². The van der Waals surface area contributed by atoms with E-state index in [1.54, 1.807) is 4.90 Å². The number of hydrogen-bond donors (Lipinski definition) is 4. The quantitative estimate of drug-likeness (QED) is 0.144. The van der Waals surface area contributed by atoms with Gasteiger partial charge in [0.15, 0.2) is 17.4 Å². The van der Waals surface area contributed by atoms with Gasteiger partial charge in [0.1, 0.15) is 0 Å². The number of benzene rings is 3. The lowest BCUT2D eigenvalue weighted by molar-refractivity contribution is -0.141. The van der Waals surface area contributed by atoms with Gasteiger partial charge in [-0.15, -0.1) is 0 Å². The van der Waals surface area contributed by atoms with Gasteiger partial charge in [0.25, 0.3) is 0 Å². The van der Waals surface area contributed by atoms with Crippen LogP contribution >= 0.6 is 0 Å². The molecular formula is C38H40F3N3O6. The lowest BCUT2D eigenvalue weighted by atomic mass is 9.82. The van der Waals surface area contributed by atoms with Gasteiger partial charge in [0, 0.05) is 30.2 Å². The van der Waals surface area contributed by atoms with E-state index in [0.29, 0.717) is 43.9 Å². The number of hydrogen-bond acceptors (Lipinski definition) is 6. The first kappa shape index (κ1) is 35.2. The molecule has 1 aliphatic carbocycles. The third kappa shape index (κ3) is 8.36. The summed E-state index contributed by atoms with van der Waals surface area (Å²) in [5, 5.41) is 26.0. The van der Waals surface area contributed by atoms with Crippen molar-refractivity contribution in [2.24, 2.45) is 0 Å². The molecule has 2 fully saturated rings. The predicted octanol–water partition coefficient (Wildman–Crippen LogP) is 4.56. The summed E-state index contributed by atoms with van der Waals surface area (Å²) in [7, 11) is 0. The highest BCUT2D eigenvalue weighted by Crippen LogP contribution is 2.40. The summed E-state index contributed by atoms with van der Waals surface area (Å²) in [5.74, 6) is -6.00. The second kappa shape index (κ2) is 15.1. The van der Waals surface area contributed by atoms with Gasteiger partial charge in [-0.05, 0) is 72.9 Å². The van der Waals surface area contributed by atoms with Gasteiger partial charge in [-0.3, -0.25) is 14.4 Å². The van der Waals surface area contributed by atoms with Crippen molar-refractivity contribution < 1.29 is 42.5 Å². The number of nitrogens with zero attached hydrogens (tertiary/aromatic N) is 1. The number of nitrogens with one attached hydrogen (secondary N) is 2. The Morgan fingerprint density at radius 3 is 2.36 bits per heavy atom. The third-order valence-electron chi connectivity index (χ3n) is 9.60. The smallest absolute Gasteiger partial charge is 0.305 e. The minimum absolute atomic E-state index is 0.0170. The molecule has 0 aromatic heterocycles. The number of aliphatic hydroxyl groups excluding tert-OH is 1. The van der Waals surface area contributed by atoms with Crippen molar-refractivity contribution in [3.05, 3.63) is 106 Å². The zero-order chi connectivity index (χ0) is 35.4. The van der Waals surface area contributed by atoms with Crippen LogP contribution in [0.15, 0.2) is 72.3 Å². The van der Waals surface area contributed by atoms with E-state index in [-0.39, 0.29) is 43.0 Å². The molecule has 3 aliphatic rings. The van der Waals surface area contributed by atoms with Gasteiger partial charge in [-0.25, -0.2) is 8.78 Å². The van der Waals surface area contributed by atoms with Crippen LogP contribution in [0.25, 0.3) is 5.57 Å². The minimum atomic E-state index is -1.36. The van der Waals surface area contributed by atoms with Crippen LogP contribution in [0, 0.1) is 17.5 Å². The SMILES string of the molecule is O=C(O)C[C@H](O)CC(=O)N1C[C@H]2CC(c3ccc(CCCOc4c(F)ccc(F)c4F)cc3)=C(C(=O)NC3(Cc4ccccc4)CC3)[C@@H](C1)N2. The number of aryl methyl sites for hydroxylation is 1. The summed E-state index contributed by atoms with van der Waals surface area (Å²) in [6.45, 7) is 0.518. The number of carboxylic acids is 1. The van der Waals surface area contributed by atoms with E-state index >= 15 is 0 Å². The zero-order valence-electron chi connectivity index (χ0n) is 27.5. The molecule has 2 amide bonds. The van der Waals surface area contributed by atoms with Crippen molar-refractivity contribution in [1.82, 2.24) is 15.5 Å². The number of amides is 2. The molecule has 1 saturated carbocycles. The van der Waals surface area contributed by atoms with Gasteiger partial charge >= 0.3 is 5.97 Å². The number of fused-ring (bicyclic) bond motifs is 2. The number of carbonyl (C=O) groups is 3. The molecule has 3 aromatic rings. The number of carboxylic acid groups (broad SMARTS) is 1. The van der Waals surface area contributed by atoms with Crippen molar-refractivity contribution in [2.75, 3.05) is 19.7 Å². The summed E-state index contributed by atoms with van der Waals surface area (Å²) in [6, 6.07) is 18.6. The summed E-state index contributed by atoms with van der Waals surface area (Å²) in [4.78, 5) is 40.0. The average molecular weight is 692 g/mol. The van der Waals surface area contributed by atoms with Crippen LogP contribution in [0.4, 0.5) is 13.2 Å². The molecule has 9 nitrogen and oxygen atoms in total. The molecule has 0 radical (unpaired) electrons. The Bertz CT molecular complexity index is 1760. The van der Waals surface area contributed by atoms with E-state index < -0.39 is 47.7 Å². The number of rotatable bonds is 14. The van der Waals surface area contributed by atoms with Crippen LogP contribution in [0.3, 0.4) is 0 Å². The molecule has 264 valence electrons. The number of piperazine rings is 1. The highest BCUT2D eigenvalue weighted by atomic mass is 19.2. The molecule has 4 N–H and O–H groups in total. The first-order chi connectivity index (χ1) is 24.0. The largest absolute Gasteiger partial charge is 0.488 e. The molecule has 3 aromatic carbocycles. The zero-order valence-corrected chi connectivity index (χ0v) is 27.5. The highest BCUT2D eigenvalue weighted by molar-refractivity contribution is 6.03. The van der Waals surface area contributed by atoms with Gasteiger partial charge in [0.05, 0.1) is 31.6 Å². The van der Waals surface area contributed by atoms with Crippen LogP contribution < -0.4 is 15.4 Å². The van der Waals surface area contributed by atoms with Crippen LogP contribution in [0.2, 0.25) is 0 Å². The maximum Gasteiger partial charge on any atom is 0.305 e. The fourth-order valence-electron chi connectivity index (χ4n) is 6.95. The van der Waals surface area contributed by atoms with Crippen LogP contribution in [0.1, 0.15) is 55.2 Å². The van der Waals surface area contributed by atoms with E-state index in [0.717, 1.165) is 41.2 Å². The molecule has 50 heavy (non-hydrogen) atoms. The molecule has 2 aliphatic heterocycles. The van der Waals surface area contributed by atoms with Crippen molar-refractivity contribution in [3.63, 3.8) is 0 Å². The average Bonchev–Trinajstić information content (AvgIpc) is 3.84. The molecule has 0 unspecified atom stereocenters. The lowest BCUT2D eigenvalue weighted by Crippen LogP contribution is -2.62. The highest BCUT2D eigenvalue weighted by Gasteiger charge is 2.47. The second-order valence-electron chi connectivity index (χ2n) is 13.5. The Morgan fingerprint density at radius 1 is 0.940 bits per heavy atom. The second-order valence-corrected chi connectivity index (χ2v) is 13.5. The standard InChI is InChI=1S/C38H40F3N3O6/c39-29-12-13-30(40)36(35(29)41)50-16-4-7-23-8-10-25(11-9-23)28-17-26-21-44(32(46)18-27(45)19-33(47)48)22-31(42-26)34(28)37(49)43-38(14-15-38)20-24-5-2-1-3-6-24/h1-3,5-6,8-13,26-27,31,42,45H,4,7,14-22H2,(H,43,49)(H,47,48)/t26-,27-,31-/m1/s1. The molecule has 12 heteroatoms. The maximum atomic E-state index is 14.2. The normalized spacial score (nSPS) is 19.9. The fraction of sp³-hybridized carbons (Fsp3) is 0.395. The monoisotopic (exact) mass is 691 g/mol. The van der Waals surface area contributed by atoms with Gasteiger partial charge < -0.3 is 30.5 Å². The Morgan fingerprint density at radius 2 is 1.66 bits per heavy atom. The van der Waals surface area contributed by atoms with Crippen molar-refractivity contribution in [2.45, 2.75) is 75.1 Å². The number of carbonyl (C=O) groups excluding carboxylic acids is 2. The van der Waals surface area contributed by atoms with E-state index in [1.165, 1.54) is 0 Å². The first-order valence-electron chi connectivity index (χ1n) is 16.9. The van der Waals surface area contributed by atoms with Gasteiger partial charge in [0.2, 0.25) is 17.6 Å². The number of ether oxygens (including phenoxy) is 1. The van der Waals surface area contributed by atoms with Crippen LogP contribution in [-0.4, -0.2) is 76.3 Å². The van der Waals surface area contributed by atoms with Crippen LogP contribution in [0.5, 0.6) is 5.75 Å². The number of halogens is 3. The summed E-state index contributed by atoms with van der Waals surface area (Å²) in [5.41, 5.74) is 3.99. The Balaban J connectivity index is 1.19. The van der Waals surface area contributed by atoms with Crippen molar-refractivity contribution in [1.29, 1.82) is 0 Å². The maximum absolute atomic E-state index is 14.2. The Labute approximate surface area is 288 Å². The Hall–Kier alpha value is -4.68. The predicted molar refractivity (Wildman–Crippen MR) is 179 cm³/mol. The molecule has 0 spiro atoms. The van der Waals surface area contributed by atoms with Crippen molar-refractivity contribution in [3.8, 4) is 5.75 Å². The summed E-state index contributed by atoms with van der Waals surface area (Å²) < 4.78 is 46.5. The molecule has 6 rings (SSSR count). The molecule has 1 saturated heterocycles. The van der Waals surface area contributed by atoms with Gasteiger partial charge in [-0.2, -0.15) is 4.39 Å². The topological polar surface area (TPSA) is 128 Å². The molecule has 3 atom stereocenters.